The van der Waals surface area contributed by atoms with Crippen molar-refractivity contribution in [2.24, 2.45) is 0 Å². The molecule has 0 amide bonds. The van der Waals surface area contributed by atoms with Crippen molar-refractivity contribution in [1.29, 1.82) is 5.26 Å². The van der Waals surface area contributed by atoms with Gasteiger partial charge >= 0.3 is 5.97 Å². The van der Waals surface area contributed by atoms with Gasteiger partial charge in [0, 0.05) is 0 Å². The summed E-state index contributed by atoms with van der Waals surface area (Å²) in [6, 6.07) is 5.38. The Hall–Kier alpha value is -2.09. The monoisotopic (exact) mass is 195 g/mol. The summed E-state index contributed by atoms with van der Waals surface area (Å²) in [5.41, 5.74) is -0.284. The fourth-order valence-electron chi connectivity index (χ4n) is 0.873. The maximum absolute atomic E-state index is 12.9. The number of aliphatic carboxylic acids is 1. The summed E-state index contributed by atoms with van der Waals surface area (Å²) >= 11 is 0. The van der Waals surface area contributed by atoms with Crippen LogP contribution in [0.2, 0.25) is 0 Å². The summed E-state index contributed by atoms with van der Waals surface area (Å²) in [6.45, 7) is -0.599. The highest BCUT2D eigenvalue weighted by atomic mass is 19.1. The molecule has 1 aromatic rings. The lowest BCUT2D eigenvalue weighted by atomic mass is 10.2. The summed E-state index contributed by atoms with van der Waals surface area (Å²) in [7, 11) is 0. The molecule has 4 nitrogen and oxygen atoms in total. The Bertz CT molecular complexity index is 398. The molecule has 0 radical (unpaired) electrons. The largest absolute Gasteiger partial charge is 0.480 e. The van der Waals surface area contributed by atoms with Crippen molar-refractivity contribution < 1.29 is 19.0 Å². The van der Waals surface area contributed by atoms with Crippen molar-refractivity contribution in [3.63, 3.8) is 0 Å². The predicted octanol–water partition coefficient (Wildman–Crippen LogP) is 1.16. The van der Waals surface area contributed by atoms with Crippen molar-refractivity contribution in [3.8, 4) is 11.8 Å². The lowest BCUT2D eigenvalue weighted by Crippen LogP contribution is -2.10. The molecule has 0 atom stereocenters. The maximum Gasteiger partial charge on any atom is 0.341 e. The standard InChI is InChI=1S/C9H6FNO3/c10-7-2-1-3-8(6(7)4-11)14-5-9(12)13/h1-3H,5H2,(H,12,13). The summed E-state index contributed by atoms with van der Waals surface area (Å²) < 4.78 is 17.6. The summed E-state index contributed by atoms with van der Waals surface area (Å²) in [4.78, 5) is 10.2. The molecule has 0 aliphatic rings. The zero-order valence-electron chi connectivity index (χ0n) is 7.03. The molecule has 14 heavy (non-hydrogen) atoms. The number of hydrogen-bond donors (Lipinski definition) is 1. The van der Waals surface area contributed by atoms with Gasteiger partial charge in [0.1, 0.15) is 23.2 Å². The molecule has 0 fully saturated rings. The van der Waals surface area contributed by atoms with E-state index in [2.05, 4.69) is 0 Å². The molecule has 0 aliphatic carbocycles. The van der Waals surface area contributed by atoms with Crippen LogP contribution in [0.15, 0.2) is 18.2 Å². The minimum absolute atomic E-state index is 0.0603. The Labute approximate surface area is 79.2 Å². The van der Waals surface area contributed by atoms with E-state index in [0.29, 0.717) is 0 Å². The molecule has 0 spiro atoms. The molecule has 1 rings (SSSR count). The Morgan fingerprint density at radius 3 is 2.93 bits per heavy atom. The van der Waals surface area contributed by atoms with Crippen molar-refractivity contribution in [2.75, 3.05) is 6.61 Å². The van der Waals surface area contributed by atoms with Crippen LogP contribution in [-0.4, -0.2) is 17.7 Å². The number of carbonyl (C=O) groups is 1. The van der Waals surface area contributed by atoms with Crippen LogP contribution in [0.1, 0.15) is 5.56 Å². The minimum Gasteiger partial charge on any atom is -0.480 e. The molecule has 0 heterocycles. The fourth-order valence-corrected chi connectivity index (χ4v) is 0.873. The van der Waals surface area contributed by atoms with Crippen LogP contribution < -0.4 is 4.74 Å². The van der Waals surface area contributed by atoms with Gasteiger partial charge in [-0.25, -0.2) is 9.18 Å². The average molecular weight is 195 g/mol. The third-order valence-electron chi connectivity index (χ3n) is 1.44. The van der Waals surface area contributed by atoms with Crippen LogP contribution in [0.25, 0.3) is 0 Å². The second kappa shape index (κ2) is 4.23. The molecule has 5 heteroatoms. The minimum atomic E-state index is -1.18. The number of rotatable bonds is 3. The van der Waals surface area contributed by atoms with Gasteiger partial charge in [-0.3, -0.25) is 0 Å². The van der Waals surface area contributed by atoms with Gasteiger partial charge < -0.3 is 9.84 Å². The topological polar surface area (TPSA) is 70.3 Å². The van der Waals surface area contributed by atoms with E-state index < -0.39 is 18.4 Å². The molecule has 0 saturated carbocycles. The first-order valence-electron chi connectivity index (χ1n) is 3.68. The number of nitrogens with zero attached hydrogens (tertiary/aromatic N) is 1. The number of ether oxygens (including phenoxy) is 1. The van der Waals surface area contributed by atoms with Gasteiger partial charge in [0.25, 0.3) is 0 Å². The van der Waals surface area contributed by atoms with Crippen LogP contribution in [0.3, 0.4) is 0 Å². The molecular weight excluding hydrogens is 189 g/mol. The van der Waals surface area contributed by atoms with E-state index in [1.165, 1.54) is 12.1 Å². The molecular formula is C9H6FNO3. The first-order valence-corrected chi connectivity index (χ1v) is 3.68. The first kappa shape index (κ1) is 9.99. The van der Waals surface area contributed by atoms with Crippen molar-refractivity contribution in [3.05, 3.63) is 29.6 Å². The number of halogens is 1. The molecule has 0 unspecified atom stereocenters. The first-order chi connectivity index (χ1) is 6.65. The second-order valence-corrected chi connectivity index (χ2v) is 2.41. The molecule has 72 valence electrons. The van der Waals surface area contributed by atoms with Crippen LogP contribution >= 0.6 is 0 Å². The Kier molecular flexibility index (Phi) is 3.02. The van der Waals surface area contributed by atoms with Crippen molar-refractivity contribution in [1.82, 2.24) is 0 Å². The van der Waals surface area contributed by atoms with Gasteiger partial charge in [0.2, 0.25) is 0 Å². The van der Waals surface area contributed by atoms with Crippen LogP contribution in [0.4, 0.5) is 4.39 Å². The van der Waals surface area contributed by atoms with Gasteiger partial charge in [-0.1, -0.05) is 6.07 Å². The average Bonchev–Trinajstić information content (AvgIpc) is 2.14. The lowest BCUT2D eigenvalue weighted by molar-refractivity contribution is -0.139. The van der Waals surface area contributed by atoms with E-state index in [1.54, 1.807) is 6.07 Å². The predicted molar refractivity (Wildman–Crippen MR) is 44.2 cm³/mol. The van der Waals surface area contributed by atoms with Gasteiger partial charge in [-0.05, 0) is 12.1 Å². The van der Waals surface area contributed by atoms with Crippen LogP contribution in [0.5, 0.6) is 5.75 Å². The maximum atomic E-state index is 12.9. The van der Waals surface area contributed by atoms with E-state index >= 15 is 0 Å². The van der Waals surface area contributed by atoms with Gasteiger partial charge in [0.15, 0.2) is 6.61 Å². The highest BCUT2D eigenvalue weighted by Gasteiger charge is 2.09. The molecule has 0 bridgehead atoms. The normalized spacial score (nSPS) is 9.14. The van der Waals surface area contributed by atoms with E-state index in [9.17, 15) is 9.18 Å². The number of hydrogen-bond acceptors (Lipinski definition) is 3. The molecule has 0 aliphatic heterocycles. The lowest BCUT2D eigenvalue weighted by Gasteiger charge is -2.04. The smallest absolute Gasteiger partial charge is 0.341 e. The van der Waals surface area contributed by atoms with E-state index in [-0.39, 0.29) is 11.3 Å². The second-order valence-electron chi connectivity index (χ2n) is 2.41. The third kappa shape index (κ3) is 2.20. The van der Waals surface area contributed by atoms with Crippen molar-refractivity contribution >= 4 is 5.97 Å². The van der Waals surface area contributed by atoms with E-state index in [1.807, 2.05) is 0 Å². The summed E-state index contributed by atoms with van der Waals surface area (Å²) in [5, 5.41) is 16.9. The highest BCUT2D eigenvalue weighted by molar-refractivity contribution is 5.68. The Morgan fingerprint density at radius 2 is 2.36 bits per heavy atom. The molecule has 0 saturated heterocycles. The SMILES string of the molecule is N#Cc1c(F)cccc1OCC(=O)O. The molecule has 1 aromatic carbocycles. The third-order valence-corrected chi connectivity index (χ3v) is 1.44. The zero-order valence-corrected chi connectivity index (χ0v) is 7.03. The molecule has 1 N–H and O–H groups in total. The number of nitriles is 1. The Balaban J connectivity index is 2.92. The quantitative estimate of drug-likeness (QED) is 0.785. The van der Waals surface area contributed by atoms with E-state index in [4.69, 9.17) is 15.1 Å². The Morgan fingerprint density at radius 1 is 1.64 bits per heavy atom. The van der Waals surface area contributed by atoms with Crippen molar-refractivity contribution in [2.45, 2.75) is 0 Å². The zero-order chi connectivity index (χ0) is 10.6. The van der Waals surface area contributed by atoms with Gasteiger partial charge in [-0.15, -0.1) is 0 Å². The van der Waals surface area contributed by atoms with Crippen LogP contribution in [-0.2, 0) is 4.79 Å². The number of carboxylic acid groups (broad SMARTS) is 1. The van der Waals surface area contributed by atoms with Gasteiger partial charge in [-0.2, -0.15) is 5.26 Å². The highest BCUT2D eigenvalue weighted by Crippen LogP contribution is 2.19. The van der Waals surface area contributed by atoms with Crippen LogP contribution in [0, 0.1) is 17.1 Å². The van der Waals surface area contributed by atoms with Gasteiger partial charge in [0.05, 0.1) is 0 Å². The fraction of sp³-hybridized carbons (Fsp3) is 0.111. The summed E-state index contributed by atoms with van der Waals surface area (Å²) in [6.07, 6.45) is 0. The summed E-state index contributed by atoms with van der Waals surface area (Å²) in [5.74, 6) is -1.97. The van der Waals surface area contributed by atoms with E-state index in [0.717, 1.165) is 6.07 Å². The number of carboxylic acids is 1. The number of benzene rings is 1. The molecule has 0 aromatic heterocycles.